The lowest BCUT2D eigenvalue weighted by Gasteiger charge is -2.28. The van der Waals surface area contributed by atoms with Gasteiger partial charge in [0.1, 0.15) is 34.3 Å². The van der Waals surface area contributed by atoms with Crippen molar-refractivity contribution < 1.29 is 19.8 Å². The zero-order valence-corrected chi connectivity index (χ0v) is 28.1. The molecule has 0 unspecified atom stereocenters. The fourth-order valence-corrected chi connectivity index (χ4v) is 5.83. The van der Waals surface area contributed by atoms with E-state index in [1.165, 1.54) is 36.2 Å². The second-order valence-corrected chi connectivity index (χ2v) is 12.4. The fraction of sp³-hybridized carbons (Fsp3) is 0.484. The van der Waals surface area contributed by atoms with Crippen LogP contribution in [0.4, 0.5) is 0 Å². The number of halogens is 2. The van der Waals surface area contributed by atoms with Crippen LogP contribution in [0, 0.1) is 0 Å². The van der Waals surface area contributed by atoms with Gasteiger partial charge in [-0.05, 0) is 0 Å². The van der Waals surface area contributed by atoms with E-state index in [9.17, 15) is 19.8 Å². The summed E-state index contributed by atoms with van der Waals surface area (Å²) < 4.78 is 4.05. The molecule has 49 heavy (non-hydrogen) atoms. The Hall–Kier alpha value is -4.06. The first kappa shape index (κ1) is 37.8. The van der Waals surface area contributed by atoms with E-state index in [0.29, 0.717) is 19.6 Å². The number of rotatable bonds is 10. The first-order valence-electron chi connectivity index (χ1n) is 15.4. The van der Waals surface area contributed by atoms with E-state index in [0.717, 1.165) is 43.9 Å². The van der Waals surface area contributed by atoms with Crippen molar-refractivity contribution in [3.63, 3.8) is 0 Å². The van der Waals surface area contributed by atoms with Gasteiger partial charge in [-0.25, -0.2) is 29.9 Å². The van der Waals surface area contributed by atoms with Gasteiger partial charge < -0.3 is 30.0 Å². The Morgan fingerprint density at radius 3 is 1.78 bits per heavy atom. The van der Waals surface area contributed by atoms with Gasteiger partial charge in [-0.2, -0.15) is 0 Å². The predicted molar refractivity (Wildman–Crippen MR) is 182 cm³/mol. The number of hydrogen-bond donors (Lipinski definition) is 4. The Labute approximate surface area is 294 Å². The Bertz CT molecular complexity index is 1720. The van der Waals surface area contributed by atoms with Crippen LogP contribution in [0.5, 0.6) is 0 Å². The summed E-state index contributed by atoms with van der Waals surface area (Å²) in [5, 5.41) is 26.1. The summed E-state index contributed by atoms with van der Waals surface area (Å²) in [6, 6.07) is 2.77. The monoisotopic (exact) mass is 716 g/mol. The molecule has 18 heteroatoms. The van der Waals surface area contributed by atoms with Crippen LogP contribution in [-0.4, -0.2) is 122 Å². The maximum Gasteiger partial charge on any atom is 0.270 e. The molecule has 0 spiro atoms. The van der Waals surface area contributed by atoms with Gasteiger partial charge in [0.15, 0.2) is 0 Å². The fourth-order valence-electron chi connectivity index (χ4n) is 5.54. The minimum Gasteiger partial charge on any atom is -0.390 e. The third kappa shape index (κ3) is 10.5. The van der Waals surface area contributed by atoms with Gasteiger partial charge in [-0.1, -0.05) is 30.6 Å². The number of nitrogens with zero attached hydrogens (tertiary/aromatic N) is 10. The number of carbonyl (C=O) groups excluding carboxylic acids is 2. The number of aryl methyl sites for hydroxylation is 2. The average Bonchev–Trinajstić information content (AvgIpc) is 3.63. The van der Waals surface area contributed by atoms with Crippen molar-refractivity contribution >= 4 is 35.0 Å². The Morgan fingerprint density at radius 2 is 1.22 bits per heavy atom. The van der Waals surface area contributed by atoms with Crippen LogP contribution in [0.1, 0.15) is 51.2 Å². The van der Waals surface area contributed by atoms with E-state index in [2.05, 4.69) is 50.3 Å². The van der Waals surface area contributed by atoms with Crippen molar-refractivity contribution in [1.29, 1.82) is 0 Å². The number of aliphatic hydroxyl groups excluding tert-OH is 2. The molecule has 4 aromatic heterocycles. The topological polar surface area (TPSA) is 192 Å². The van der Waals surface area contributed by atoms with Crippen molar-refractivity contribution in [2.45, 2.75) is 45.6 Å². The number of aliphatic hydroxyl groups is 2. The molecule has 16 nitrogen and oxygen atoms in total. The lowest BCUT2D eigenvalue weighted by molar-refractivity contribution is 0.0832. The summed E-state index contributed by atoms with van der Waals surface area (Å²) in [6.45, 7) is 4.41. The number of nitrogens with one attached hydrogen (secondary N) is 2. The van der Waals surface area contributed by atoms with Crippen LogP contribution in [0.3, 0.4) is 0 Å². The van der Waals surface area contributed by atoms with Crippen LogP contribution in [0.15, 0.2) is 37.4 Å². The quantitative estimate of drug-likeness (QED) is 0.168. The number of carbonyl (C=O) groups is 2. The second kappa shape index (κ2) is 17.6. The molecule has 2 aliphatic heterocycles. The molecule has 264 valence electrons. The van der Waals surface area contributed by atoms with E-state index in [1.807, 2.05) is 35.9 Å². The van der Waals surface area contributed by atoms with Crippen molar-refractivity contribution in [2.24, 2.45) is 14.1 Å². The van der Waals surface area contributed by atoms with Gasteiger partial charge in [-0.3, -0.25) is 19.4 Å². The molecule has 2 aliphatic rings. The van der Waals surface area contributed by atoms with Crippen LogP contribution >= 0.6 is 23.2 Å². The summed E-state index contributed by atoms with van der Waals surface area (Å²) in [5.74, 6) is -0.769. The lowest BCUT2D eigenvalue weighted by Crippen LogP contribution is -2.42. The van der Waals surface area contributed by atoms with Gasteiger partial charge in [-0.15, -0.1) is 0 Å². The lowest BCUT2D eigenvalue weighted by atomic mass is 10.1. The number of aromatic nitrogens is 8. The summed E-state index contributed by atoms with van der Waals surface area (Å²) in [5.41, 5.74) is 4.95. The van der Waals surface area contributed by atoms with Gasteiger partial charge >= 0.3 is 0 Å². The van der Waals surface area contributed by atoms with E-state index in [-0.39, 0.29) is 54.0 Å². The third-order valence-electron chi connectivity index (χ3n) is 8.03. The summed E-state index contributed by atoms with van der Waals surface area (Å²) in [4.78, 5) is 52.1. The van der Waals surface area contributed by atoms with Crippen molar-refractivity contribution in [1.82, 2.24) is 59.5 Å². The minimum absolute atomic E-state index is 0. The third-order valence-corrected chi connectivity index (χ3v) is 8.45. The smallest absolute Gasteiger partial charge is 0.270 e. The number of imidazole rings is 2. The highest BCUT2D eigenvalue weighted by Crippen LogP contribution is 2.18. The molecule has 0 fully saturated rings. The molecular formula is C31H42Cl2N12O4. The first-order valence-corrected chi connectivity index (χ1v) is 16.1. The maximum atomic E-state index is 12.0. The SMILES string of the molecule is C.Cn1cnc2c1CCN(C[C@@H](O)CNC(=O)c1cc(Cl)ncn1)C2.Cn1cnc2c1CN(C[C@@H](O)CNC(=O)c1cc(Cl)ncn1)CC2. The number of β-amino-alcohol motifs (C(OH)–C–C–N with tert-alkyl or cyclic N) is 2. The average molecular weight is 718 g/mol. The molecule has 4 aromatic rings. The largest absolute Gasteiger partial charge is 0.390 e. The van der Waals surface area contributed by atoms with E-state index in [1.54, 1.807) is 0 Å². The molecule has 2 atom stereocenters. The molecule has 6 rings (SSSR count). The summed E-state index contributed by atoms with van der Waals surface area (Å²) in [6.07, 6.45) is 6.53. The van der Waals surface area contributed by atoms with Crippen molar-refractivity contribution in [3.8, 4) is 0 Å². The molecule has 0 saturated heterocycles. The molecule has 0 saturated carbocycles. The van der Waals surface area contributed by atoms with Gasteiger partial charge in [0.25, 0.3) is 11.8 Å². The minimum atomic E-state index is -0.670. The van der Waals surface area contributed by atoms with Crippen molar-refractivity contribution in [2.75, 3.05) is 39.3 Å². The number of fused-ring (bicyclic) bond motifs is 2. The zero-order chi connectivity index (χ0) is 34.2. The Balaban J connectivity index is 0.000000216. The zero-order valence-electron chi connectivity index (χ0n) is 26.6. The Kier molecular flexibility index (Phi) is 13.5. The van der Waals surface area contributed by atoms with Crippen LogP contribution < -0.4 is 10.6 Å². The molecule has 2 amide bonds. The van der Waals surface area contributed by atoms with Crippen molar-refractivity contribution in [3.05, 3.63) is 81.9 Å². The van der Waals surface area contributed by atoms with E-state index >= 15 is 0 Å². The highest BCUT2D eigenvalue weighted by molar-refractivity contribution is 6.30. The molecule has 0 bridgehead atoms. The van der Waals surface area contributed by atoms with Crippen LogP contribution in [0.25, 0.3) is 0 Å². The maximum absolute atomic E-state index is 12.0. The van der Waals surface area contributed by atoms with Crippen LogP contribution in [-0.2, 0) is 40.0 Å². The molecular weight excluding hydrogens is 675 g/mol. The summed E-state index contributed by atoms with van der Waals surface area (Å²) >= 11 is 11.5. The standard InChI is InChI=1S/2C15H19ClN6O2.CH4/c1-21-9-20-12-7-22(3-2-13(12)21)6-10(23)5-17-15(24)11-4-14(16)19-8-18-11;1-21-9-20-11-2-3-22(7-13(11)21)6-10(23)5-17-15(24)12-4-14(16)19-8-18-12;/h2*4,8-10,23H,2-3,5-7H2,1H3,(H,17,24);1H4/t2*10-;/m00./s1. The predicted octanol–water partition coefficient (Wildman–Crippen LogP) is 0.661. The number of amides is 2. The van der Waals surface area contributed by atoms with Gasteiger partial charge in [0.05, 0.1) is 41.9 Å². The normalized spacial score (nSPS) is 15.5. The molecule has 0 aliphatic carbocycles. The van der Waals surface area contributed by atoms with Gasteiger partial charge in [0.2, 0.25) is 0 Å². The van der Waals surface area contributed by atoms with E-state index in [4.69, 9.17) is 23.2 Å². The Morgan fingerprint density at radius 1 is 0.735 bits per heavy atom. The highest BCUT2D eigenvalue weighted by atomic mass is 35.5. The molecule has 4 N–H and O–H groups in total. The first-order chi connectivity index (χ1) is 23.0. The highest BCUT2D eigenvalue weighted by Gasteiger charge is 2.23. The number of hydrogen-bond acceptors (Lipinski definition) is 12. The molecule has 6 heterocycles. The van der Waals surface area contributed by atoms with E-state index < -0.39 is 12.2 Å². The molecule has 0 aromatic carbocycles. The summed E-state index contributed by atoms with van der Waals surface area (Å²) in [7, 11) is 3.96. The second-order valence-electron chi connectivity index (χ2n) is 11.6. The van der Waals surface area contributed by atoms with Gasteiger partial charge in [0, 0.05) is 97.1 Å². The van der Waals surface area contributed by atoms with Crippen LogP contribution in [0.2, 0.25) is 10.3 Å². The molecule has 0 radical (unpaired) electrons.